The molecule has 0 saturated carbocycles. The number of imide groups is 2. The molecule has 1 fully saturated rings. The molecule has 2 aromatic heterocycles. The summed E-state index contributed by atoms with van der Waals surface area (Å²) in [6.45, 7) is 10.6. The fourth-order valence-corrected chi connectivity index (χ4v) is 5.65. The molecule has 0 bridgehead atoms. The lowest BCUT2D eigenvalue weighted by Crippen LogP contribution is -2.54. The molecular formula is C28H30FN5O4. The van der Waals surface area contributed by atoms with Gasteiger partial charge in [0.25, 0.3) is 11.8 Å². The van der Waals surface area contributed by atoms with Gasteiger partial charge < -0.3 is 5.32 Å². The average Bonchev–Trinajstić information content (AvgIpc) is 3.26. The molecule has 4 heterocycles. The van der Waals surface area contributed by atoms with Crippen LogP contribution in [0.4, 0.5) is 10.2 Å². The summed E-state index contributed by atoms with van der Waals surface area (Å²) < 4.78 is 15.8. The van der Waals surface area contributed by atoms with Crippen molar-refractivity contribution in [3.05, 3.63) is 53.5 Å². The molecule has 2 aliphatic rings. The number of aromatic nitrogens is 2. The second-order valence-electron chi connectivity index (χ2n) is 11.8. The van der Waals surface area contributed by atoms with Gasteiger partial charge in [0, 0.05) is 29.8 Å². The van der Waals surface area contributed by atoms with Crippen LogP contribution in [-0.4, -0.2) is 49.5 Å². The number of hydrogen-bond acceptors (Lipinski definition) is 6. The molecule has 2 aliphatic heterocycles. The number of halogens is 1. The minimum Gasteiger partial charge on any atom is -0.364 e. The van der Waals surface area contributed by atoms with Crippen LogP contribution in [0.15, 0.2) is 36.5 Å². The van der Waals surface area contributed by atoms with E-state index in [9.17, 15) is 23.6 Å². The number of benzene rings is 1. The van der Waals surface area contributed by atoms with Gasteiger partial charge in [-0.3, -0.25) is 33.8 Å². The molecule has 5 rings (SSSR count). The predicted molar refractivity (Wildman–Crippen MR) is 139 cm³/mol. The molecule has 1 unspecified atom stereocenters. The van der Waals surface area contributed by atoms with E-state index in [4.69, 9.17) is 0 Å². The first-order chi connectivity index (χ1) is 17.7. The van der Waals surface area contributed by atoms with E-state index >= 15 is 0 Å². The lowest BCUT2D eigenvalue weighted by molar-refractivity contribution is -0.136. The number of pyridine rings is 1. The SMILES string of the molecule is CC(C)(C)CC(C)(C)Nc1c(-c2ccc3c(c2)C(=O)N(C2CCC(=O)NC2=O)C3=O)nc2cc(F)ccn12. The molecule has 2 N–H and O–H groups in total. The zero-order chi connectivity index (χ0) is 27.6. The van der Waals surface area contributed by atoms with Crippen LogP contribution in [0.2, 0.25) is 0 Å². The van der Waals surface area contributed by atoms with Gasteiger partial charge in [-0.15, -0.1) is 0 Å². The smallest absolute Gasteiger partial charge is 0.262 e. The first kappa shape index (κ1) is 25.6. The zero-order valence-corrected chi connectivity index (χ0v) is 22.0. The monoisotopic (exact) mass is 519 g/mol. The number of imidazole rings is 1. The second-order valence-corrected chi connectivity index (χ2v) is 11.8. The molecule has 0 radical (unpaired) electrons. The first-order valence-corrected chi connectivity index (χ1v) is 12.6. The number of carbonyl (C=O) groups is 4. The Morgan fingerprint density at radius 2 is 1.74 bits per heavy atom. The third-order valence-electron chi connectivity index (χ3n) is 6.73. The molecule has 38 heavy (non-hydrogen) atoms. The number of hydrogen-bond donors (Lipinski definition) is 2. The number of amides is 4. The minimum atomic E-state index is -1.04. The molecule has 1 saturated heterocycles. The van der Waals surface area contributed by atoms with Crippen LogP contribution in [0.1, 0.15) is 74.6 Å². The third kappa shape index (κ3) is 4.55. The van der Waals surface area contributed by atoms with Gasteiger partial charge in [-0.05, 0) is 50.3 Å². The number of rotatable bonds is 5. The topological polar surface area (TPSA) is 113 Å². The van der Waals surface area contributed by atoms with Gasteiger partial charge in [0.05, 0.1) is 11.1 Å². The first-order valence-electron chi connectivity index (χ1n) is 12.6. The Morgan fingerprint density at radius 3 is 2.42 bits per heavy atom. The highest BCUT2D eigenvalue weighted by molar-refractivity contribution is 6.23. The second kappa shape index (κ2) is 8.75. The summed E-state index contributed by atoms with van der Waals surface area (Å²) in [7, 11) is 0. The van der Waals surface area contributed by atoms with Crippen LogP contribution in [0.25, 0.3) is 16.9 Å². The highest BCUT2D eigenvalue weighted by Crippen LogP contribution is 2.37. The fourth-order valence-electron chi connectivity index (χ4n) is 5.65. The summed E-state index contributed by atoms with van der Waals surface area (Å²) in [4.78, 5) is 56.0. The highest BCUT2D eigenvalue weighted by Gasteiger charge is 2.44. The maximum absolute atomic E-state index is 14.1. The van der Waals surface area contributed by atoms with Crippen molar-refractivity contribution in [1.82, 2.24) is 19.6 Å². The Bertz CT molecular complexity index is 1520. The van der Waals surface area contributed by atoms with Crippen LogP contribution in [0.3, 0.4) is 0 Å². The van der Waals surface area contributed by atoms with Gasteiger partial charge in [0.2, 0.25) is 11.8 Å². The molecule has 1 atom stereocenters. The molecule has 198 valence electrons. The van der Waals surface area contributed by atoms with Crippen LogP contribution < -0.4 is 10.6 Å². The van der Waals surface area contributed by atoms with E-state index in [1.54, 1.807) is 28.8 Å². The zero-order valence-electron chi connectivity index (χ0n) is 22.0. The minimum absolute atomic E-state index is 0.0308. The van der Waals surface area contributed by atoms with E-state index in [0.29, 0.717) is 22.7 Å². The maximum atomic E-state index is 14.1. The molecule has 9 nitrogen and oxygen atoms in total. The van der Waals surface area contributed by atoms with Crippen molar-refractivity contribution in [3.8, 4) is 11.3 Å². The lowest BCUT2D eigenvalue weighted by Gasteiger charge is -2.34. The van der Waals surface area contributed by atoms with Crippen molar-refractivity contribution in [1.29, 1.82) is 0 Å². The van der Waals surface area contributed by atoms with Gasteiger partial charge in [-0.2, -0.15) is 0 Å². The van der Waals surface area contributed by atoms with Crippen molar-refractivity contribution in [2.75, 3.05) is 5.32 Å². The standard InChI is InChI=1S/C28H30FN5O4/c1-27(2,3)14-28(4,5)32-23-22(30-20-13-16(29)10-11-33(20)23)15-6-7-17-18(12-15)26(38)34(25(17)37)19-8-9-21(35)31-24(19)36/h6-7,10-13,19,32H,8-9,14H2,1-5H3,(H,31,35,36). The van der Waals surface area contributed by atoms with Crippen LogP contribution in [-0.2, 0) is 9.59 Å². The van der Waals surface area contributed by atoms with Gasteiger partial charge >= 0.3 is 0 Å². The van der Waals surface area contributed by atoms with Crippen LogP contribution >= 0.6 is 0 Å². The number of piperidine rings is 1. The molecule has 0 aliphatic carbocycles. The van der Waals surface area contributed by atoms with Gasteiger partial charge in [0.15, 0.2) is 0 Å². The maximum Gasteiger partial charge on any atom is 0.262 e. The highest BCUT2D eigenvalue weighted by atomic mass is 19.1. The van der Waals surface area contributed by atoms with Gasteiger partial charge in [-0.25, -0.2) is 9.37 Å². The van der Waals surface area contributed by atoms with Crippen molar-refractivity contribution in [2.45, 2.75) is 65.5 Å². The Balaban J connectivity index is 1.57. The van der Waals surface area contributed by atoms with E-state index in [1.165, 1.54) is 12.1 Å². The Kier molecular flexibility index (Phi) is 5.89. The molecule has 10 heteroatoms. The lowest BCUT2D eigenvalue weighted by atomic mass is 9.82. The summed E-state index contributed by atoms with van der Waals surface area (Å²) in [5.74, 6) is -2.06. The van der Waals surface area contributed by atoms with E-state index in [0.717, 1.165) is 11.3 Å². The largest absolute Gasteiger partial charge is 0.364 e. The number of nitrogens with one attached hydrogen (secondary N) is 2. The van der Waals surface area contributed by atoms with E-state index < -0.39 is 35.5 Å². The summed E-state index contributed by atoms with van der Waals surface area (Å²) in [5.41, 5.74) is 1.46. The molecule has 4 amide bonds. The van der Waals surface area contributed by atoms with Crippen LogP contribution in [0, 0.1) is 11.2 Å². The molecule has 0 spiro atoms. The number of carbonyl (C=O) groups excluding carboxylic acids is 4. The van der Waals surface area contributed by atoms with Crippen molar-refractivity contribution in [3.63, 3.8) is 0 Å². The predicted octanol–water partition coefficient (Wildman–Crippen LogP) is 4.17. The quantitative estimate of drug-likeness (QED) is 0.490. The summed E-state index contributed by atoms with van der Waals surface area (Å²) in [5, 5.41) is 5.77. The van der Waals surface area contributed by atoms with E-state index in [1.807, 2.05) is 0 Å². The molecular weight excluding hydrogens is 489 g/mol. The average molecular weight is 520 g/mol. The summed E-state index contributed by atoms with van der Waals surface area (Å²) >= 11 is 0. The fraction of sp³-hybridized carbons (Fsp3) is 0.393. The van der Waals surface area contributed by atoms with Crippen molar-refractivity contribution < 1.29 is 23.6 Å². The van der Waals surface area contributed by atoms with Gasteiger partial charge in [0.1, 0.15) is 29.0 Å². The van der Waals surface area contributed by atoms with E-state index in [2.05, 4.69) is 50.2 Å². The normalized spacial score (nSPS) is 18.3. The summed E-state index contributed by atoms with van der Waals surface area (Å²) in [6.07, 6.45) is 2.56. The number of fused-ring (bicyclic) bond motifs is 2. The summed E-state index contributed by atoms with van der Waals surface area (Å²) in [6, 6.07) is 6.46. The number of nitrogens with zero attached hydrogens (tertiary/aromatic N) is 3. The Hall–Kier alpha value is -4.08. The molecule has 3 aromatic rings. The van der Waals surface area contributed by atoms with Crippen molar-refractivity contribution >= 4 is 35.1 Å². The van der Waals surface area contributed by atoms with Gasteiger partial charge in [-0.1, -0.05) is 26.8 Å². The van der Waals surface area contributed by atoms with Crippen LogP contribution in [0.5, 0.6) is 0 Å². The van der Waals surface area contributed by atoms with E-state index in [-0.39, 0.29) is 34.9 Å². The third-order valence-corrected chi connectivity index (χ3v) is 6.73. The van der Waals surface area contributed by atoms with Crippen molar-refractivity contribution in [2.24, 2.45) is 5.41 Å². The molecule has 1 aromatic carbocycles. The Morgan fingerprint density at radius 1 is 1.03 bits per heavy atom. The number of anilines is 1. The Labute approximate surface area is 219 Å².